The minimum Gasteiger partial charge on any atom is -0.490 e. The number of hydrogen-bond acceptors (Lipinski definition) is 6. The topological polar surface area (TPSA) is 84.1 Å². The van der Waals surface area contributed by atoms with Crippen LogP contribution in [0.2, 0.25) is 0 Å². The van der Waals surface area contributed by atoms with E-state index in [-0.39, 0.29) is 23.9 Å². The van der Waals surface area contributed by atoms with Crippen LogP contribution < -0.4 is 4.74 Å². The Morgan fingerprint density at radius 2 is 1.71 bits per heavy atom. The summed E-state index contributed by atoms with van der Waals surface area (Å²) in [5.41, 5.74) is 6.44. The minimum atomic E-state index is -0.386. The molecule has 2 saturated carbocycles. The van der Waals surface area contributed by atoms with Crippen molar-refractivity contribution in [3.05, 3.63) is 114 Å². The molecule has 0 radical (unpaired) electrons. The van der Waals surface area contributed by atoms with Crippen molar-refractivity contribution in [3.8, 4) is 22.6 Å². The normalized spacial score (nSPS) is 18.8. The summed E-state index contributed by atoms with van der Waals surface area (Å²) in [6.07, 6.45) is 11.1. The van der Waals surface area contributed by atoms with Gasteiger partial charge in [0.2, 0.25) is 0 Å². The predicted molar refractivity (Wildman–Crippen MR) is 173 cm³/mol. The van der Waals surface area contributed by atoms with Crippen LogP contribution in [0.1, 0.15) is 84.6 Å². The van der Waals surface area contributed by atoms with Crippen molar-refractivity contribution in [2.24, 2.45) is 5.92 Å². The SMILES string of the molecule is COC(=O)c1cnn(-c2cccc(-c3cccc(O[C@@H](C)C4CCCCC4)c3)c2)c1C1CC1c1cn(Cc2ccccc2)nn1. The Balaban J connectivity index is 1.14. The van der Waals surface area contributed by atoms with E-state index >= 15 is 0 Å². The molecular formula is C37H39N5O3. The first kappa shape index (κ1) is 29.0. The van der Waals surface area contributed by atoms with Crippen molar-refractivity contribution < 1.29 is 14.3 Å². The summed E-state index contributed by atoms with van der Waals surface area (Å²) in [6, 6.07) is 26.8. The third-order valence-corrected chi connectivity index (χ3v) is 9.37. The van der Waals surface area contributed by atoms with E-state index in [0.29, 0.717) is 18.0 Å². The van der Waals surface area contributed by atoms with E-state index < -0.39 is 0 Å². The number of nitrogens with zero attached hydrogens (tertiary/aromatic N) is 5. The van der Waals surface area contributed by atoms with Gasteiger partial charge in [-0.25, -0.2) is 14.2 Å². The Morgan fingerprint density at radius 3 is 2.51 bits per heavy atom. The van der Waals surface area contributed by atoms with Crippen LogP contribution in [0, 0.1) is 5.92 Å². The third-order valence-electron chi connectivity index (χ3n) is 9.37. The molecule has 2 aliphatic rings. The molecule has 3 aromatic carbocycles. The number of esters is 1. The maximum atomic E-state index is 12.9. The number of carbonyl (C=O) groups excluding carboxylic acids is 1. The molecule has 2 fully saturated rings. The Hall–Kier alpha value is -4.72. The van der Waals surface area contributed by atoms with Crippen molar-refractivity contribution in [2.45, 2.75) is 69.9 Å². The van der Waals surface area contributed by atoms with Crippen LogP contribution in [0.4, 0.5) is 0 Å². The highest BCUT2D eigenvalue weighted by atomic mass is 16.5. The summed E-state index contributed by atoms with van der Waals surface area (Å²) in [5, 5.41) is 13.6. The lowest BCUT2D eigenvalue weighted by Gasteiger charge is -2.28. The number of rotatable bonds is 10. The van der Waals surface area contributed by atoms with E-state index in [9.17, 15) is 4.79 Å². The number of hydrogen-bond donors (Lipinski definition) is 0. The third kappa shape index (κ3) is 6.27. The lowest BCUT2D eigenvalue weighted by molar-refractivity contribution is 0.0599. The molecule has 230 valence electrons. The standard InChI is InChI=1S/C37H39N5O3/c1-25(27-13-7-4-8-14-27)45-31-18-10-16-29(20-31)28-15-9-17-30(19-28)42-36(34(22-38-42)37(43)44-2)33-21-32(33)35-24-41(40-39-35)23-26-11-5-3-6-12-26/h3,5-6,9-12,15-20,22,24-25,27,32-33H,4,7-8,13-14,21,23H2,1-2H3/t25-,32?,33?/m0/s1. The quantitative estimate of drug-likeness (QED) is 0.153. The van der Waals surface area contributed by atoms with E-state index in [1.807, 2.05) is 52.0 Å². The summed E-state index contributed by atoms with van der Waals surface area (Å²) in [7, 11) is 1.41. The van der Waals surface area contributed by atoms with E-state index in [0.717, 1.165) is 40.4 Å². The van der Waals surface area contributed by atoms with Crippen LogP contribution in [-0.2, 0) is 11.3 Å². The maximum absolute atomic E-state index is 12.9. The van der Waals surface area contributed by atoms with Crippen LogP contribution in [0.3, 0.4) is 0 Å². The monoisotopic (exact) mass is 601 g/mol. The smallest absolute Gasteiger partial charge is 0.341 e. The molecule has 0 bridgehead atoms. The zero-order chi connectivity index (χ0) is 30.8. The first-order chi connectivity index (χ1) is 22.1. The van der Waals surface area contributed by atoms with Crippen LogP contribution >= 0.6 is 0 Å². The second-order valence-corrected chi connectivity index (χ2v) is 12.4. The summed E-state index contributed by atoms with van der Waals surface area (Å²) in [4.78, 5) is 12.9. The molecule has 8 nitrogen and oxygen atoms in total. The van der Waals surface area contributed by atoms with Gasteiger partial charge in [0.15, 0.2) is 0 Å². The Morgan fingerprint density at radius 1 is 0.933 bits per heavy atom. The number of carbonyl (C=O) groups is 1. The number of benzene rings is 3. The van der Waals surface area contributed by atoms with Crippen LogP contribution in [0.5, 0.6) is 5.75 Å². The maximum Gasteiger partial charge on any atom is 0.341 e. The van der Waals surface area contributed by atoms with E-state index in [4.69, 9.17) is 14.6 Å². The Bertz CT molecular complexity index is 1770. The van der Waals surface area contributed by atoms with E-state index in [2.05, 4.69) is 59.7 Å². The van der Waals surface area contributed by atoms with Gasteiger partial charge in [-0.15, -0.1) is 5.10 Å². The summed E-state index contributed by atoms with van der Waals surface area (Å²) in [5.74, 6) is 1.35. The minimum absolute atomic E-state index is 0.0742. The van der Waals surface area contributed by atoms with Gasteiger partial charge in [0.25, 0.3) is 0 Å². The number of aromatic nitrogens is 5. The molecule has 0 amide bonds. The number of ether oxygens (including phenoxy) is 2. The van der Waals surface area contributed by atoms with Crippen molar-refractivity contribution in [3.63, 3.8) is 0 Å². The van der Waals surface area contributed by atoms with Crippen molar-refractivity contribution in [1.29, 1.82) is 0 Å². The first-order valence-corrected chi connectivity index (χ1v) is 16.0. The highest BCUT2D eigenvalue weighted by Gasteiger charge is 2.46. The molecule has 0 spiro atoms. The van der Waals surface area contributed by atoms with Crippen molar-refractivity contribution in [1.82, 2.24) is 24.8 Å². The van der Waals surface area contributed by atoms with Gasteiger partial charge < -0.3 is 9.47 Å². The lowest BCUT2D eigenvalue weighted by atomic mass is 9.86. The molecule has 0 N–H and O–H groups in total. The molecule has 3 atom stereocenters. The lowest BCUT2D eigenvalue weighted by Crippen LogP contribution is -2.25. The first-order valence-electron chi connectivity index (χ1n) is 16.0. The average Bonchev–Trinajstić information content (AvgIpc) is 3.51. The number of methoxy groups -OCH3 is 1. The van der Waals surface area contributed by atoms with Crippen molar-refractivity contribution in [2.75, 3.05) is 7.11 Å². The fraction of sp³-hybridized carbons (Fsp3) is 0.351. The van der Waals surface area contributed by atoms with Crippen LogP contribution in [-0.4, -0.2) is 44.0 Å². The zero-order valence-electron chi connectivity index (χ0n) is 25.9. The van der Waals surface area contributed by atoms with Gasteiger partial charge in [0.05, 0.1) is 43.0 Å². The molecule has 2 aliphatic carbocycles. The van der Waals surface area contributed by atoms with E-state index in [1.54, 1.807) is 6.20 Å². The highest BCUT2D eigenvalue weighted by Crippen LogP contribution is 2.55. The van der Waals surface area contributed by atoms with Gasteiger partial charge >= 0.3 is 5.97 Å². The second-order valence-electron chi connectivity index (χ2n) is 12.4. The Labute approximate surface area is 264 Å². The molecule has 7 rings (SSSR count). The summed E-state index contributed by atoms with van der Waals surface area (Å²) >= 11 is 0. The average molecular weight is 602 g/mol. The molecular weight excluding hydrogens is 562 g/mol. The van der Waals surface area contributed by atoms with Gasteiger partial charge in [-0.1, -0.05) is 79.1 Å². The molecule has 2 aromatic heterocycles. The van der Waals surface area contributed by atoms with Crippen LogP contribution in [0.15, 0.2) is 91.3 Å². The molecule has 2 unspecified atom stereocenters. The predicted octanol–water partition coefficient (Wildman–Crippen LogP) is 7.58. The molecule has 45 heavy (non-hydrogen) atoms. The summed E-state index contributed by atoms with van der Waals surface area (Å²) < 4.78 is 15.4. The molecule has 8 heteroatoms. The Kier molecular flexibility index (Phi) is 8.20. The molecule has 5 aromatic rings. The van der Waals surface area contributed by atoms with Gasteiger partial charge in [-0.05, 0) is 73.1 Å². The van der Waals surface area contributed by atoms with Gasteiger partial charge in [0, 0.05) is 18.0 Å². The van der Waals surface area contributed by atoms with Gasteiger partial charge in [-0.3, -0.25) is 0 Å². The van der Waals surface area contributed by atoms with E-state index in [1.165, 1.54) is 44.8 Å². The second kappa shape index (κ2) is 12.7. The fourth-order valence-electron chi connectivity index (χ4n) is 6.82. The van der Waals surface area contributed by atoms with Crippen LogP contribution in [0.25, 0.3) is 16.8 Å². The zero-order valence-corrected chi connectivity index (χ0v) is 25.9. The summed E-state index contributed by atoms with van der Waals surface area (Å²) in [6.45, 7) is 2.87. The highest BCUT2D eigenvalue weighted by molar-refractivity contribution is 5.91. The fourth-order valence-corrected chi connectivity index (χ4v) is 6.82. The molecule has 2 heterocycles. The van der Waals surface area contributed by atoms with Gasteiger partial charge in [-0.2, -0.15) is 5.10 Å². The molecule has 0 aliphatic heterocycles. The van der Waals surface area contributed by atoms with Gasteiger partial charge in [0.1, 0.15) is 11.3 Å². The molecule has 0 saturated heterocycles. The largest absolute Gasteiger partial charge is 0.490 e. The van der Waals surface area contributed by atoms with Crippen molar-refractivity contribution >= 4 is 5.97 Å².